The highest BCUT2D eigenvalue weighted by atomic mass is 16.5. The molecule has 154 valence electrons. The number of rotatable bonds is 4. The summed E-state index contributed by atoms with van der Waals surface area (Å²) in [5.41, 5.74) is 6.64. The van der Waals surface area contributed by atoms with Gasteiger partial charge in [0.2, 0.25) is 0 Å². The summed E-state index contributed by atoms with van der Waals surface area (Å²) in [6.07, 6.45) is 0. The van der Waals surface area contributed by atoms with E-state index in [0.29, 0.717) is 6.04 Å². The number of piperazine rings is 1. The smallest absolute Gasteiger partial charge is 0.143 e. The minimum atomic E-state index is 0.294. The molecule has 2 aromatic heterocycles. The number of aryl methyl sites for hydroxylation is 1. The van der Waals surface area contributed by atoms with Crippen molar-refractivity contribution in [1.82, 2.24) is 19.9 Å². The monoisotopic (exact) mass is 400 g/mol. The van der Waals surface area contributed by atoms with Crippen LogP contribution in [0.1, 0.15) is 24.3 Å². The number of aromatic amines is 1. The second-order valence-electron chi connectivity index (χ2n) is 8.30. The quantitative estimate of drug-likeness (QED) is 0.517. The zero-order valence-electron chi connectivity index (χ0n) is 17.9. The number of H-pyrrole nitrogens is 1. The van der Waals surface area contributed by atoms with Gasteiger partial charge in [0.25, 0.3) is 0 Å². The van der Waals surface area contributed by atoms with Gasteiger partial charge in [-0.3, -0.25) is 4.90 Å². The third-order valence-electron chi connectivity index (χ3n) is 6.41. The lowest BCUT2D eigenvalue weighted by Gasteiger charge is -2.36. The van der Waals surface area contributed by atoms with Crippen molar-refractivity contribution in [2.75, 3.05) is 33.2 Å². The van der Waals surface area contributed by atoms with Crippen LogP contribution in [0.25, 0.3) is 33.4 Å². The minimum absolute atomic E-state index is 0.294. The first-order chi connectivity index (χ1) is 14.6. The molecular formula is C25H28N4O. The molecule has 1 fully saturated rings. The highest BCUT2D eigenvalue weighted by Gasteiger charge is 2.29. The highest BCUT2D eigenvalue weighted by molar-refractivity contribution is 5.94. The van der Waals surface area contributed by atoms with Crippen molar-refractivity contribution in [3.63, 3.8) is 0 Å². The number of nitrogens with zero attached hydrogens (tertiary/aromatic N) is 3. The van der Waals surface area contributed by atoms with Gasteiger partial charge >= 0.3 is 0 Å². The Morgan fingerprint density at radius 3 is 2.43 bits per heavy atom. The fourth-order valence-corrected chi connectivity index (χ4v) is 4.65. The Kier molecular flexibility index (Phi) is 4.93. The molecule has 0 aliphatic carbocycles. The predicted octanol–water partition coefficient (Wildman–Crippen LogP) is 5.11. The molecule has 5 rings (SSSR count). The van der Waals surface area contributed by atoms with Crippen LogP contribution in [0.2, 0.25) is 0 Å². The van der Waals surface area contributed by atoms with Crippen LogP contribution in [0.5, 0.6) is 0 Å². The van der Waals surface area contributed by atoms with E-state index < -0.39 is 0 Å². The number of aromatic nitrogens is 2. The lowest BCUT2D eigenvalue weighted by molar-refractivity contribution is 0.120. The summed E-state index contributed by atoms with van der Waals surface area (Å²) in [4.78, 5) is 8.70. The van der Waals surface area contributed by atoms with Gasteiger partial charge in [0.05, 0.1) is 11.3 Å². The number of hydrogen-bond donors (Lipinski definition) is 1. The Labute approximate surface area is 177 Å². The van der Waals surface area contributed by atoms with Crippen LogP contribution in [0.3, 0.4) is 0 Å². The maximum absolute atomic E-state index is 5.70. The maximum atomic E-state index is 5.70. The van der Waals surface area contributed by atoms with E-state index in [1.54, 1.807) is 0 Å². The molecule has 5 nitrogen and oxygen atoms in total. The molecule has 3 heterocycles. The molecule has 1 saturated heterocycles. The molecule has 1 atom stereocenters. The molecule has 0 radical (unpaired) electrons. The van der Waals surface area contributed by atoms with Crippen molar-refractivity contribution < 1.29 is 4.52 Å². The van der Waals surface area contributed by atoms with Gasteiger partial charge in [0.1, 0.15) is 11.5 Å². The lowest BCUT2D eigenvalue weighted by Crippen LogP contribution is -2.45. The Balaban J connectivity index is 1.68. The largest absolute Gasteiger partial charge is 0.360 e. The molecule has 5 heteroatoms. The Bertz CT molecular complexity index is 1150. The molecule has 0 spiro atoms. The summed E-state index contributed by atoms with van der Waals surface area (Å²) >= 11 is 0. The van der Waals surface area contributed by atoms with Crippen LogP contribution in [-0.2, 0) is 0 Å². The lowest BCUT2D eigenvalue weighted by atomic mass is 9.95. The SMILES string of the molecule is Cc1onc(-c2ccccc2)c1-c1[nH]c2ccccc2c1C(C)N1CCN(C)CC1. The van der Waals surface area contributed by atoms with Gasteiger partial charge < -0.3 is 14.4 Å². The van der Waals surface area contributed by atoms with Crippen LogP contribution in [-0.4, -0.2) is 53.2 Å². The second kappa shape index (κ2) is 7.74. The van der Waals surface area contributed by atoms with Crippen LogP contribution in [0, 0.1) is 6.92 Å². The van der Waals surface area contributed by atoms with Crippen molar-refractivity contribution in [1.29, 1.82) is 0 Å². The minimum Gasteiger partial charge on any atom is -0.360 e. The molecule has 1 aliphatic rings. The van der Waals surface area contributed by atoms with Crippen molar-refractivity contribution in [3.8, 4) is 22.5 Å². The van der Waals surface area contributed by atoms with E-state index in [9.17, 15) is 0 Å². The van der Waals surface area contributed by atoms with E-state index in [4.69, 9.17) is 4.52 Å². The van der Waals surface area contributed by atoms with Crippen molar-refractivity contribution in [2.24, 2.45) is 0 Å². The second-order valence-corrected chi connectivity index (χ2v) is 8.30. The number of nitrogens with one attached hydrogen (secondary N) is 1. The number of fused-ring (bicyclic) bond motifs is 1. The van der Waals surface area contributed by atoms with Gasteiger partial charge in [-0.1, -0.05) is 53.7 Å². The Hall–Kier alpha value is -2.89. The zero-order chi connectivity index (χ0) is 20.7. The summed E-state index contributed by atoms with van der Waals surface area (Å²) in [6.45, 7) is 8.68. The van der Waals surface area contributed by atoms with Crippen LogP contribution >= 0.6 is 0 Å². The van der Waals surface area contributed by atoms with Crippen molar-refractivity contribution in [3.05, 3.63) is 65.9 Å². The fourth-order valence-electron chi connectivity index (χ4n) is 4.65. The normalized spacial score (nSPS) is 16.9. The third-order valence-corrected chi connectivity index (χ3v) is 6.41. The summed E-state index contributed by atoms with van der Waals surface area (Å²) < 4.78 is 5.70. The average molecular weight is 401 g/mol. The number of hydrogen-bond acceptors (Lipinski definition) is 4. The molecule has 4 aromatic rings. The van der Waals surface area contributed by atoms with E-state index in [1.165, 1.54) is 10.9 Å². The fraction of sp³-hybridized carbons (Fsp3) is 0.320. The van der Waals surface area contributed by atoms with E-state index >= 15 is 0 Å². The molecule has 2 aromatic carbocycles. The number of para-hydroxylation sites is 1. The van der Waals surface area contributed by atoms with E-state index in [0.717, 1.165) is 60.0 Å². The molecule has 1 unspecified atom stereocenters. The Morgan fingerprint density at radius 1 is 0.967 bits per heavy atom. The van der Waals surface area contributed by atoms with Gasteiger partial charge in [-0.2, -0.15) is 0 Å². The van der Waals surface area contributed by atoms with Crippen molar-refractivity contribution in [2.45, 2.75) is 19.9 Å². The van der Waals surface area contributed by atoms with E-state index in [2.05, 4.69) is 70.3 Å². The summed E-state index contributed by atoms with van der Waals surface area (Å²) in [5, 5.41) is 5.72. The van der Waals surface area contributed by atoms with Gasteiger partial charge in [0.15, 0.2) is 0 Å². The molecule has 1 aliphatic heterocycles. The first kappa shape index (κ1) is 19.1. The zero-order valence-corrected chi connectivity index (χ0v) is 17.9. The van der Waals surface area contributed by atoms with E-state index in [-0.39, 0.29) is 0 Å². The first-order valence-electron chi connectivity index (χ1n) is 10.7. The topological polar surface area (TPSA) is 48.3 Å². The number of benzene rings is 2. The van der Waals surface area contributed by atoms with E-state index in [1.807, 2.05) is 25.1 Å². The van der Waals surface area contributed by atoms with Crippen LogP contribution < -0.4 is 0 Å². The standard InChI is InChI=1S/C25H28N4O/c1-17(29-15-13-28(3)14-16-29)22-20-11-7-8-12-21(20)26-25(22)23-18(2)30-27-24(23)19-9-5-4-6-10-19/h4-12,17,26H,13-16H2,1-3H3. The molecule has 30 heavy (non-hydrogen) atoms. The predicted molar refractivity (Wildman–Crippen MR) is 121 cm³/mol. The number of likely N-dealkylation sites (N-methyl/N-ethyl adjacent to an activating group) is 1. The third kappa shape index (κ3) is 3.24. The maximum Gasteiger partial charge on any atom is 0.143 e. The van der Waals surface area contributed by atoms with Gasteiger partial charge in [-0.05, 0) is 27.0 Å². The summed E-state index contributed by atoms with van der Waals surface area (Å²) in [7, 11) is 2.20. The first-order valence-corrected chi connectivity index (χ1v) is 10.7. The summed E-state index contributed by atoms with van der Waals surface area (Å²) in [6, 6.07) is 19.2. The summed E-state index contributed by atoms with van der Waals surface area (Å²) in [5.74, 6) is 0.840. The van der Waals surface area contributed by atoms with Crippen LogP contribution in [0.4, 0.5) is 0 Å². The molecular weight excluding hydrogens is 372 g/mol. The van der Waals surface area contributed by atoms with Crippen LogP contribution in [0.15, 0.2) is 59.1 Å². The average Bonchev–Trinajstić information content (AvgIpc) is 3.34. The Morgan fingerprint density at radius 2 is 1.67 bits per heavy atom. The van der Waals surface area contributed by atoms with Crippen molar-refractivity contribution >= 4 is 10.9 Å². The molecule has 0 bridgehead atoms. The van der Waals surface area contributed by atoms with Gasteiger partial charge in [-0.25, -0.2) is 0 Å². The highest BCUT2D eigenvalue weighted by Crippen LogP contribution is 2.42. The molecule has 0 amide bonds. The molecule has 1 N–H and O–H groups in total. The van der Waals surface area contributed by atoms with Gasteiger partial charge in [-0.15, -0.1) is 0 Å². The van der Waals surface area contributed by atoms with Gasteiger partial charge in [0, 0.05) is 54.3 Å². The molecule has 0 saturated carbocycles.